The Hall–Kier alpha value is -2.99. The predicted molar refractivity (Wildman–Crippen MR) is 121 cm³/mol. The first-order valence-electron chi connectivity index (χ1n) is 11.3. The number of halogens is 1. The molecule has 0 aromatic heterocycles. The van der Waals surface area contributed by atoms with Crippen molar-refractivity contribution in [1.29, 1.82) is 5.26 Å². The second-order valence-corrected chi connectivity index (χ2v) is 8.54. The summed E-state index contributed by atoms with van der Waals surface area (Å²) in [6.45, 7) is 5.37. The zero-order valence-corrected chi connectivity index (χ0v) is 18.6. The van der Waals surface area contributed by atoms with Gasteiger partial charge in [0, 0.05) is 39.3 Å². The molecule has 0 saturated carbocycles. The van der Waals surface area contributed by atoms with E-state index in [0.29, 0.717) is 31.7 Å². The van der Waals surface area contributed by atoms with Crippen LogP contribution in [0, 0.1) is 17.1 Å². The van der Waals surface area contributed by atoms with Gasteiger partial charge in [0.15, 0.2) is 0 Å². The quantitative estimate of drug-likeness (QED) is 0.626. The number of rotatable bonds is 9. The maximum Gasteiger partial charge on any atom is 0.234 e. The molecule has 2 heterocycles. The number of nitrogens with one attached hydrogen (secondary N) is 1. The van der Waals surface area contributed by atoms with Gasteiger partial charge in [-0.25, -0.2) is 4.39 Å². The zero-order chi connectivity index (χ0) is 23.0. The fourth-order valence-corrected chi connectivity index (χ4v) is 4.35. The first kappa shape index (κ1) is 23.2. The number of carbonyl (C=O) groups is 1. The molecule has 7 nitrogen and oxygen atoms in total. The molecular weight excluding hydrogens is 423 g/mol. The summed E-state index contributed by atoms with van der Waals surface area (Å²) in [5, 5.41) is 11.8. The highest BCUT2D eigenvalue weighted by Gasteiger charge is 2.35. The van der Waals surface area contributed by atoms with Gasteiger partial charge in [0.05, 0.1) is 30.4 Å². The van der Waals surface area contributed by atoms with Gasteiger partial charge in [0.2, 0.25) is 5.91 Å². The third kappa shape index (κ3) is 6.99. The molecule has 1 N–H and O–H groups in total. The van der Waals surface area contributed by atoms with Crippen LogP contribution in [0.1, 0.15) is 11.1 Å². The van der Waals surface area contributed by atoms with Gasteiger partial charge in [-0.3, -0.25) is 14.6 Å². The fraction of sp³-hybridized carbons (Fsp3) is 0.440. The normalized spacial score (nSPS) is 20.7. The van der Waals surface area contributed by atoms with Crippen molar-refractivity contribution in [3.05, 3.63) is 65.5 Å². The number of amides is 1. The summed E-state index contributed by atoms with van der Waals surface area (Å²) in [5.74, 6) is 0.516. The van der Waals surface area contributed by atoms with E-state index in [4.69, 9.17) is 14.7 Å². The summed E-state index contributed by atoms with van der Waals surface area (Å²) in [5.41, 5.74) is 1.62. The molecule has 2 bridgehead atoms. The third-order valence-electron chi connectivity index (χ3n) is 5.91. The molecule has 0 aliphatic carbocycles. The summed E-state index contributed by atoms with van der Waals surface area (Å²) in [6.07, 6.45) is 0.846. The van der Waals surface area contributed by atoms with E-state index >= 15 is 0 Å². The lowest BCUT2D eigenvalue weighted by Crippen LogP contribution is -2.60. The number of hydrogen-bond acceptors (Lipinski definition) is 6. The molecule has 4 rings (SSSR count). The Labute approximate surface area is 193 Å². The van der Waals surface area contributed by atoms with E-state index in [9.17, 15) is 9.18 Å². The number of fused-ring (bicyclic) bond motifs is 2. The Kier molecular flexibility index (Phi) is 7.89. The van der Waals surface area contributed by atoms with Gasteiger partial charge in [-0.1, -0.05) is 12.1 Å². The highest BCUT2D eigenvalue weighted by Crippen LogP contribution is 2.19. The first-order valence-corrected chi connectivity index (χ1v) is 11.3. The average molecular weight is 453 g/mol. The number of ether oxygens (including phenoxy) is 2. The number of carbonyl (C=O) groups excluding carboxylic acids is 1. The van der Waals surface area contributed by atoms with Crippen LogP contribution < -0.4 is 10.1 Å². The summed E-state index contributed by atoms with van der Waals surface area (Å²) >= 11 is 0. The molecule has 1 amide bonds. The number of nitrogens with zero attached hydrogens (tertiary/aromatic N) is 3. The number of hydrogen-bond donors (Lipinski definition) is 1. The lowest BCUT2D eigenvalue weighted by atomic mass is 10.1. The van der Waals surface area contributed by atoms with Crippen molar-refractivity contribution in [2.75, 3.05) is 52.4 Å². The summed E-state index contributed by atoms with van der Waals surface area (Å²) in [6, 6.07) is 15.6. The van der Waals surface area contributed by atoms with Crippen LogP contribution in [0.2, 0.25) is 0 Å². The van der Waals surface area contributed by atoms with E-state index in [0.717, 1.165) is 44.0 Å². The van der Waals surface area contributed by atoms with E-state index < -0.39 is 0 Å². The Morgan fingerprint density at radius 3 is 2.39 bits per heavy atom. The minimum atomic E-state index is -0.252. The van der Waals surface area contributed by atoms with Crippen LogP contribution in [0.4, 0.5) is 4.39 Å². The largest absolute Gasteiger partial charge is 0.492 e. The van der Waals surface area contributed by atoms with Gasteiger partial charge in [-0.2, -0.15) is 5.26 Å². The van der Waals surface area contributed by atoms with E-state index in [1.165, 1.54) is 12.1 Å². The summed E-state index contributed by atoms with van der Waals surface area (Å²) < 4.78 is 24.9. The predicted octanol–water partition coefficient (Wildman–Crippen LogP) is 1.82. The number of benzene rings is 2. The molecule has 2 unspecified atom stereocenters. The molecule has 0 radical (unpaired) electrons. The number of morpholine rings is 2. The standard InChI is InChI=1S/C25H29FN4O3/c26-21-5-1-19(2-6-21)9-10-28-25(31)18-30-16-23-14-29(15-24(17-30)33-23)11-12-32-22-7-3-20(13-27)4-8-22/h1-8,23-24H,9-12,14-18H2,(H,28,31). The van der Waals surface area contributed by atoms with Crippen LogP contribution in [0.15, 0.2) is 48.5 Å². The minimum Gasteiger partial charge on any atom is -0.492 e. The van der Waals surface area contributed by atoms with Crippen LogP contribution in [-0.2, 0) is 16.0 Å². The van der Waals surface area contributed by atoms with Crippen molar-refractivity contribution in [3.8, 4) is 11.8 Å². The molecule has 2 fully saturated rings. The van der Waals surface area contributed by atoms with E-state index in [1.807, 2.05) is 12.1 Å². The van der Waals surface area contributed by atoms with Crippen LogP contribution in [0.5, 0.6) is 5.75 Å². The van der Waals surface area contributed by atoms with Crippen molar-refractivity contribution in [2.45, 2.75) is 18.6 Å². The van der Waals surface area contributed by atoms with Gasteiger partial charge < -0.3 is 14.8 Å². The van der Waals surface area contributed by atoms with Crippen LogP contribution in [0.3, 0.4) is 0 Å². The lowest BCUT2D eigenvalue weighted by Gasteiger charge is -2.45. The average Bonchev–Trinajstić information content (AvgIpc) is 2.80. The molecule has 174 valence electrons. The van der Waals surface area contributed by atoms with Crippen molar-refractivity contribution < 1.29 is 18.7 Å². The van der Waals surface area contributed by atoms with E-state index in [-0.39, 0.29) is 23.9 Å². The topological polar surface area (TPSA) is 77.8 Å². The molecule has 2 aromatic carbocycles. The SMILES string of the molecule is N#Cc1ccc(OCCN2CC3CN(CC(=O)NCCc4ccc(F)cc4)CC(C2)O3)cc1. The van der Waals surface area contributed by atoms with E-state index in [1.54, 1.807) is 24.3 Å². The highest BCUT2D eigenvalue weighted by molar-refractivity contribution is 5.78. The maximum absolute atomic E-state index is 13.0. The van der Waals surface area contributed by atoms with Gasteiger partial charge in [0.1, 0.15) is 18.2 Å². The molecule has 2 saturated heterocycles. The molecule has 2 aliphatic rings. The molecular formula is C25H29FN4O3. The summed E-state index contributed by atoms with van der Waals surface area (Å²) in [7, 11) is 0. The maximum atomic E-state index is 13.0. The third-order valence-corrected chi connectivity index (χ3v) is 5.91. The van der Waals surface area contributed by atoms with Crippen LogP contribution in [0.25, 0.3) is 0 Å². The monoisotopic (exact) mass is 452 g/mol. The van der Waals surface area contributed by atoms with Crippen LogP contribution in [-0.4, -0.2) is 80.3 Å². The first-order chi connectivity index (χ1) is 16.1. The van der Waals surface area contributed by atoms with E-state index in [2.05, 4.69) is 21.2 Å². The molecule has 2 aliphatic heterocycles. The highest BCUT2D eigenvalue weighted by atomic mass is 19.1. The van der Waals surface area contributed by atoms with Crippen molar-refractivity contribution >= 4 is 5.91 Å². The van der Waals surface area contributed by atoms with Crippen LogP contribution >= 0.6 is 0 Å². The fourth-order valence-electron chi connectivity index (χ4n) is 4.35. The Morgan fingerprint density at radius 1 is 1.06 bits per heavy atom. The molecule has 33 heavy (non-hydrogen) atoms. The Morgan fingerprint density at radius 2 is 1.73 bits per heavy atom. The van der Waals surface area contributed by atoms with Gasteiger partial charge >= 0.3 is 0 Å². The zero-order valence-electron chi connectivity index (χ0n) is 18.6. The number of nitriles is 1. The second kappa shape index (κ2) is 11.2. The summed E-state index contributed by atoms with van der Waals surface area (Å²) in [4.78, 5) is 16.9. The Bertz CT molecular complexity index is 947. The van der Waals surface area contributed by atoms with Gasteiger partial charge in [-0.05, 0) is 48.4 Å². The second-order valence-electron chi connectivity index (χ2n) is 8.54. The smallest absolute Gasteiger partial charge is 0.234 e. The van der Waals surface area contributed by atoms with Gasteiger partial charge in [0.25, 0.3) is 0 Å². The lowest BCUT2D eigenvalue weighted by molar-refractivity contribution is -0.145. The minimum absolute atomic E-state index is 0.00441. The van der Waals surface area contributed by atoms with Gasteiger partial charge in [-0.15, -0.1) is 0 Å². The van der Waals surface area contributed by atoms with Crippen molar-refractivity contribution in [3.63, 3.8) is 0 Å². The Balaban J connectivity index is 1.14. The molecule has 2 atom stereocenters. The molecule has 0 spiro atoms. The molecule has 2 aromatic rings. The molecule has 8 heteroatoms. The van der Waals surface area contributed by atoms with Crippen molar-refractivity contribution in [1.82, 2.24) is 15.1 Å². The van der Waals surface area contributed by atoms with Crippen molar-refractivity contribution in [2.24, 2.45) is 0 Å².